The molecule has 2 rings (SSSR count). The number of hydrogen-bond acceptors (Lipinski definition) is 6. The topological polar surface area (TPSA) is 110 Å². The number of rotatable bonds is 8. The fourth-order valence-corrected chi connectivity index (χ4v) is 3.88. The number of aryl methyl sites for hydroxylation is 2. The highest BCUT2D eigenvalue weighted by Crippen LogP contribution is 2.29. The molecule has 0 saturated carbocycles. The van der Waals surface area contributed by atoms with Crippen LogP contribution in [-0.2, 0) is 21.1 Å². The van der Waals surface area contributed by atoms with Gasteiger partial charge in [-0.25, -0.2) is 8.42 Å². The lowest BCUT2D eigenvalue weighted by molar-refractivity contribution is 0.103. The minimum absolute atomic E-state index is 0.0647. The molecule has 0 aliphatic carbocycles. The van der Waals surface area contributed by atoms with Crippen LogP contribution in [0.15, 0.2) is 21.8 Å². The van der Waals surface area contributed by atoms with E-state index in [9.17, 15) is 18.0 Å². The molecule has 0 radical (unpaired) electrons. The molecule has 1 heterocycles. The van der Waals surface area contributed by atoms with Crippen LogP contribution in [0, 0.1) is 13.8 Å². The number of H-pyrrole nitrogens is 1. The molecule has 0 unspecified atom stereocenters. The highest BCUT2D eigenvalue weighted by Gasteiger charge is 2.25. The Bertz CT molecular complexity index is 1020. The molecule has 0 aliphatic rings. The van der Waals surface area contributed by atoms with E-state index in [4.69, 9.17) is 4.74 Å². The van der Waals surface area contributed by atoms with Gasteiger partial charge in [0, 0.05) is 37.7 Å². The van der Waals surface area contributed by atoms with Crippen LogP contribution in [0.2, 0.25) is 0 Å². The quantitative estimate of drug-likeness (QED) is 0.518. The highest BCUT2D eigenvalue weighted by molar-refractivity contribution is 7.90. The van der Waals surface area contributed by atoms with Crippen LogP contribution < -0.4 is 10.9 Å². The minimum atomic E-state index is -3.50. The maximum Gasteiger partial charge on any atom is 0.278 e. The van der Waals surface area contributed by atoms with Gasteiger partial charge >= 0.3 is 0 Å². The first-order valence-corrected chi connectivity index (χ1v) is 10.4. The molecule has 0 saturated heterocycles. The second-order valence-electron chi connectivity index (χ2n) is 6.29. The number of anilines is 1. The molecule has 1 aromatic carbocycles. The van der Waals surface area contributed by atoms with Crippen molar-refractivity contribution in [3.8, 4) is 0 Å². The van der Waals surface area contributed by atoms with Gasteiger partial charge in [0.2, 0.25) is 5.78 Å². The smallest absolute Gasteiger partial charge is 0.278 e. The SMILES string of the molecule is CCn1[nH]c(C)c(C(=O)c2ccc(S(C)(=O)=O)c(NCCOC)c2C)c1=O. The minimum Gasteiger partial charge on any atom is -0.383 e. The van der Waals surface area contributed by atoms with Crippen LogP contribution in [0.5, 0.6) is 0 Å². The third-order valence-electron chi connectivity index (χ3n) is 4.36. The molecule has 1 aromatic heterocycles. The summed E-state index contributed by atoms with van der Waals surface area (Å²) >= 11 is 0. The summed E-state index contributed by atoms with van der Waals surface area (Å²) in [6, 6.07) is 2.85. The van der Waals surface area contributed by atoms with Crippen molar-refractivity contribution in [1.29, 1.82) is 0 Å². The molecular weight excluding hydrogens is 370 g/mol. The highest BCUT2D eigenvalue weighted by atomic mass is 32.2. The van der Waals surface area contributed by atoms with Crippen LogP contribution >= 0.6 is 0 Å². The van der Waals surface area contributed by atoms with Crippen LogP contribution in [0.3, 0.4) is 0 Å². The standard InChI is InChI=1S/C18H25N3O5S/c1-6-21-18(23)15(12(3)20-21)17(22)13-7-8-14(27(5,24)25)16(11(13)2)19-9-10-26-4/h7-8,19-20H,6,9-10H2,1-5H3. The van der Waals surface area contributed by atoms with E-state index in [0.717, 1.165) is 6.26 Å². The Morgan fingerprint density at radius 1 is 1.30 bits per heavy atom. The molecule has 2 N–H and O–H groups in total. The molecule has 0 aliphatic heterocycles. The molecule has 2 aromatic rings. The van der Waals surface area contributed by atoms with Gasteiger partial charge in [-0.2, -0.15) is 0 Å². The average Bonchev–Trinajstić information content (AvgIpc) is 2.88. The normalized spacial score (nSPS) is 11.6. The Morgan fingerprint density at radius 2 is 1.96 bits per heavy atom. The van der Waals surface area contributed by atoms with Gasteiger partial charge in [0.25, 0.3) is 5.56 Å². The third kappa shape index (κ3) is 4.14. The second-order valence-corrected chi connectivity index (χ2v) is 8.28. The number of ketones is 1. The molecule has 0 bridgehead atoms. The molecule has 0 atom stereocenters. The Hall–Kier alpha value is -2.39. The van der Waals surface area contributed by atoms with Crippen molar-refractivity contribution in [2.24, 2.45) is 0 Å². The van der Waals surface area contributed by atoms with Crippen molar-refractivity contribution in [2.45, 2.75) is 32.2 Å². The summed E-state index contributed by atoms with van der Waals surface area (Å²) in [6.07, 6.45) is 1.11. The Balaban J connectivity index is 2.61. The van der Waals surface area contributed by atoms with E-state index < -0.39 is 15.6 Å². The zero-order chi connectivity index (χ0) is 20.4. The number of carbonyl (C=O) groups excluding carboxylic acids is 1. The fraction of sp³-hybridized carbons (Fsp3) is 0.444. The largest absolute Gasteiger partial charge is 0.383 e. The van der Waals surface area contributed by atoms with E-state index >= 15 is 0 Å². The van der Waals surface area contributed by atoms with Gasteiger partial charge in [0.05, 0.1) is 17.2 Å². The third-order valence-corrected chi connectivity index (χ3v) is 5.50. The second kappa shape index (κ2) is 8.10. The van der Waals surface area contributed by atoms with E-state index in [-0.39, 0.29) is 21.6 Å². The molecule has 0 fully saturated rings. The number of carbonyl (C=O) groups is 1. The maximum absolute atomic E-state index is 13.0. The number of nitrogens with one attached hydrogen (secondary N) is 2. The Morgan fingerprint density at radius 3 is 2.48 bits per heavy atom. The number of aromatic nitrogens is 2. The lowest BCUT2D eigenvalue weighted by Crippen LogP contribution is -2.22. The van der Waals surface area contributed by atoms with Crippen LogP contribution in [0.1, 0.15) is 34.1 Å². The van der Waals surface area contributed by atoms with Gasteiger partial charge in [-0.3, -0.25) is 19.4 Å². The summed E-state index contributed by atoms with van der Waals surface area (Å²) in [5.74, 6) is -0.437. The summed E-state index contributed by atoms with van der Waals surface area (Å²) in [4.78, 5) is 25.6. The molecule has 148 valence electrons. The molecule has 9 heteroatoms. The molecular formula is C18H25N3O5S. The molecule has 0 spiro atoms. The average molecular weight is 395 g/mol. The van der Waals surface area contributed by atoms with Gasteiger partial charge in [0.1, 0.15) is 5.56 Å². The number of nitrogens with zero attached hydrogens (tertiary/aromatic N) is 1. The van der Waals surface area contributed by atoms with Gasteiger partial charge in [0.15, 0.2) is 9.84 Å². The van der Waals surface area contributed by atoms with E-state index in [1.54, 1.807) is 27.9 Å². The monoisotopic (exact) mass is 395 g/mol. The lowest BCUT2D eigenvalue weighted by Gasteiger charge is -2.16. The van der Waals surface area contributed by atoms with Crippen molar-refractivity contribution in [3.05, 3.63) is 44.9 Å². The van der Waals surface area contributed by atoms with Gasteiger partial charge in [-0.15, -0.1) is 0 Å². The lowest BCUT2D eigenvalue weighted by atomic mass is 9.98. The summed E-state index contributed by atoms with van der Waals surface area (Å²) in [5, 5.41) is 5.91. The number of aromatic amines is 1. The van der Waals surface area contributed by atoms with Crippen molar-refractivity contribution in [3.63, 3.8) is 0 Å². The van der Waals surface area contributed by atoms with Gasteiger partial charge in [-0.1, -0.05) is 0 Å². The Labute approximate surface area is 158 Å². The molecule has 8 nitrogen and oxygen atoms in total. The maximum atomic E-state index is 13.0. The zero-order valence-corrected chi connectivity index (χ0v) is 17.0. The molecule has 27 heavy (non-hydrogen) atoms. The summed E-state index contributed by atoms with van der Waals surface area (Å²) < 4.78 is 30.6. The van der Waals surface area contributed by atoms with Crippen molar-refractivity contribution in [2.75, 3.05) is 31.8 Å². The summed E-state index contributed by atoms with van der Waals surface area (Å²) in [7, 11) is -1.96. The number of ether oxygens (including phenoxy) is 1. The Kier molecular flexibility index (Phi) is 6.27. The number of hydrogen-bond donors (Lipinski definition) is 2. The predicted octanol–water partition coefficient (Wildman–Crippen LogP) is 1.51. The first kappa shape index (κ1) is 20.9. The number of sulfone groups is 1. The first-order chi connectivity index (χ1) is 12.6. The van der Waals surface area contributed by atoms with Crippen molar-refractivity contribution >= 4 is 21.3 Å². The van der Waals surface area contributed by atoms with E-state index in [1.165, 1.54) is 16.8 Å². The summed E-state index contributed by atoms with van der Waals surface area (Å²) in [5.41, 5.74) is 1.26. The first-order valence-electron chi connectivity index (χ1n) is 8.54. The van der Waals surface area contributed by atoms with Crippen molar-refractivity contribution in [1.82, 2.24) is 9.78 Å². The van der Waals surface area contributed by atoms with Gasteiger partial charge in [-0.05, 0) is 38.5 Å². The van der Waals surface area contributed by atoms with Crippen molar-refractivity contribution < 1.29 is 17.9 Å². The van der Waals surface area contributed by atoms with E-state index in [0.29, 0.717) is 36.6 Å². The predicted molar refractivity (Wildman–Crippen MR) is 104 cm³/mol. The van der Waals surface area contributed by atoms with Crippen LogP contribution in [0.25, 0.3) is 0 Å². The zero-order valence-electron chi connectivity index (χ0n) is 16.2. The molecule has 0 amide bonds. The van der Waals surface area contributed by atoms with E-state index in [2.05, 4.69) is 10.4 Å². The summed E-state index contributed by atoms with van der Waals surface area (Å²) in [6.45, 7) is 6.30. The van der Waals surface area contributed by atoms with Crippen LogP contribution in [-0.4, -0.2) is 50.5 Å². The fourth-order valence-electron chi connectivity index (χ4n) is 2.97. The van der Waals surface area contributed by atoms with Gasteiger partial charge < -0.3 is 10.1 Å². The van der Waals surface area contributed by atoms with Crippen LogP contribution in [0.4, 0.5) is 5.69 Å². The number of benzene rings is 1. The number of methoxy groups -OCH3 is 1. The van der Waals surface area contributed by atoms with E-state index in [1.807, 2.05) is 0 Å².